The third kappa shape index (κ3) is 5.54. The number of carbonyl (C=O) groups is 3. The molecule has 0 aromatic carbocycles. The quantitative estimate of drug-likeness (QED) is 0.325. The van der Waals surface area contributed by atoms with E-state index >= 15 is 0 Å². The van der Waals surface area contributed by atoms with Crippen molar-refractivity contribution in [2.45, 2.75) is 115 Å². The number of nitrogens with one attached hydrogen (secondary N) is 2. The van der Waals surface area contributed by atoms with E-state index in [9.17, 15) is 14.4 Å². The van der Waals surface area contributed by atoms with Gasteiger partial charge in [0.05, 0.1) is 5.41 Å². The summed E-state index contributed by atoms with van der Waals surface area (Å²) in [4.78, 5) is 48.7. The fraction of sp³-hybridized carbons (Fsp3) is 0.893. The van der Waals surface area contributed by atoms with Crippen LogP contribution in [0.1, 0.15) is 97.8 Å². The van der Waals surface area contributed by atoms with Crippen LogP contribution in [0.3, 0.4) is 0 Å². The number of carbonyl (C=O) groups excluding carboxylic acids is 2. The second kappa shape index (κ2) is 10.2. The Morgan fingerprint density at radius 2 is 1.68 bits per heavy atom. The minimum absolute atomic E-state index is 0.0912. The van der Waals surface area contributed by atoms with E-state index in [-0.39, 0.29) is 30.1 Å². The minimum Gasteiger partial charge on any atom is -0.481 e. The van der Waals surface area contributed by atoms with E-state index in [4.69, 9.17) is 24.4 Å². The molecule has 4 unspecified atom stereocenters. The van der Waals surface area contributed by atoms with Crippen molar-refractivity contribution in [1.29, 1.82) is 0 Å². The Morgan fingerprint density at radius 3 is 2.39 bits per heavy atom. The molecule has 5 aliphatic rings. The van der Waals surface area contributed by atoms with Crippen LogP contribution in [-0.2, 0) is 28.8 Å². The van der Waals surface area contributed by atoms with Crippen LogP contribution in [0.15, 0.2) is 0 Å². The Morgan fingerprint density at radius 1 is 0.947 bits per heavy atom. The fourth-order valence-electron chi connectivity index (χ4n) is 7.83. The number of hydrogen-bond acceptors (Lipinski definition) is 7. The van der Waals surface area contributed by atoms with Gasteiger partial charge in [0.25, 0.3) is 0 Å². The highest BCUT2D eigenvalue weighted by molar-refractivity contribution is 5.83. The number of amides is 2. The Balaban J connectivity index is 1.17. The molecule has 1 saturated heterocycles. The zero-order chi connectivity index (χ0) is 27.2. The summed E-state index contributed by atoms with van der Waals surface area (Å²) in [6.45, 7) is 6.42. The SMILES string of the molecule is CC(C)(C)OC(=O)NCCCNC(=O)C12CC3CCC1C[C@@]1(OOC4(CCC(CC(=O)O)CC4)O1)C(C3)C2. The van der Waals surface area contributed by atoms with Crippen LogP contribution in [0.25, 0.3) is 0 Å². The molecule has 1 heterocycles. The molecular weight excluding hydrogens is 492 g/mol. The molecule has 214 valence electrons. The highest BCUT2D eigenvalue weighted by Crippen LogP contribution is 2.66. The smallest absolute Gasteiger partial charge is 0.407 e. The van der Waals surface area contributed by atoms with Crippen molar-refractivity contribution in [2.24, 2.45) is 29.1 Å². The first kappa shape index (κ1) is 27.6. The third-order valence-electron chi connectivity index (χ3n) is 9.52. The first-order valence-electron chi connectivity index (χ1n) is 14.5. The van der Waals surface area contributed by atoms with Crippen LogP contribution < -0.4 is 10.6 Å². The van der Waals surface area contributed by atoms with Gasteiger partial charge in [-0.2, -0.15) is 9.78 Å². The Labute approximate surface area is 224 Å². The molecule has 0 aromatic rings. The summed E-state index contributed by atoms with van der Waals surface area (Å²) in [5, 5.41) is 15.1. The van der Waals surface area contributed by atoms with Gasteiger partial charge >= 0.3 is 12.1 Å². The third-order valence-corrected chi connectivity index (χ3v) is 9.52. The normalized spacial score (nSPS) is 39.8. The average Bonchev–Trinajstić information content (AvgIpc) is 3.19. The maximum absolute atomic E-state index is 13.6. The summed E-state index contributed by atoms with van der Waals surface area (Å²) in [5.74, 6) is -1.38. The summed E-state index contributed by atoms with van der Waals surface area (Å²) in [6, 6.07) is 0. The second-order valence-electron chi connectivity index (χ2n) is 13.4. The van der Waals surface area contributed by atoms with Crippen molar-refractivity contribution in [1.82, 2.24) is 10.6 Å². The molecule has 3 N–H and O–H groups in total. The van der Waals surface area contributed by atoms with Gasteiger partial charge in [-0.1, -0.05) is 6.42 Å². The van der Waals surface area contributed by atoms with Gasteiger partial charge in [-0.05, 0) is 83.5 Å². The summed E-state index contributed by atoms with van der Waals surface area (Å²) >= 11 is 0. The largest absolute Gasteiger partial charge is 0.481 e. The molecule has 5 fully saturated rings. The van der Waals surface area contributed by atoms with E-state index in [2.05, 4.69) is 10.6 Å². The first-order valence-corrected chi connectivity index (χ1v) is 14.5. The van der Waals surface area contributed by atoms with E-state index in [0.29, 0.717) is 44.7 Å². The van der Waals surface area contributed by atoms with Crippen molar-refractivity contribution in [2.75, 3.05) is 13.1 Å². The zero-order valence-electron chi connectivity index (χ0n) is 23.0. The number of alkyl carbamates (subject to hydrolysis) is 1. The second-order valence-corrected chi connectivity index (χ2v) is 13.4. The summed E-state index contributed by atoms with van der Waals surface area (Å²) < 4.78 is 12.0. The highest BCUT2D eigenvalue weighted by Gasteiger charge is 2.68. The number of carboxylic acids is 1. The van der Waals surface area contributed by atoms with Gasteiger partial charge in [0.15, 0.2) is 0 Å². The number of carboxylic acid groups (broad SMARTS) is 1. The first-order chi connectivity index (χ1) is 17.9. The minimum atomic E-state index is -0.815. The molecule has 2 amide bonds. The lowest BCUT2D eigenvalue weighted by Gasteiger charge is -2.59. The van der Waals surface area contributed by atoms with Crippen LogP contribution in [0.2, 0.25) is 0 Å². The van der Waals surface area contributed by atoms with Gasteiger partial charge < -0.3 is 25.2 Å². The van der Waals surface area contributed by atoms with E-state index in [1.54, 1.807) is 0 Å². The lowest BCUT2D eigenvalue weighted by atomic mass is 9.47. The maximum Gasteiger partial charge on any atom is 0.407 e. The van der Waals surface area contributed by atoms with Crippen LogP contribution in [0, 0.1) is 29.1 Å². The number of fused-ring (bicyclic) bond motifs is 3. The average molecular weight is 537 g/mol. The summed E-state index contributed by atoms with van der Waals surface area (Å²) in [7, 11) is 0. The van der Waals surface area contributed by atoms with Crippen LogP contribution in [0.4, 0.5) is 4.79 Å². The van der Waals surface area contributed by atoms with E-state index in [1.165, 1.54) is 0 Å². The molecule has 4 saturated carbocycles. The van der Waals surface area contributed by atoms with Gasteiger partial charge in [-0.25, -0.2) is 4.79 Å². The highest BCUT2D eigenvalue weighted by atomic mass is 17.3. The molecule has 2 spiro atoms. The molecule has 5 atom stereocenters. The van der Waals surface area contributed by atoms with E-state index < -0.39 is 34.7 Å². The van der Waals surface area contributed by atoms with Crippen molar-refractivity contribution >= 4 is 18.0 Å². The number of aliphatic carboxylic acids is 1. The van der Waals surface area contributed by atoms with Gasteiger partial charge in [0.2, 0.25) is 17.5 Å². The van der Waals surface area contributed by atoms with Crippen molar-refractivity contribution in [3.05, 3.63) is 0 Å². The molecular formula is C28H44N2O8. The monoisotopic (exact) mass is 536 g/mol. The maximum atomic E-state index is 13.6. The van der Waals surface area contributed by atoms with Crippen LogP contribution in [0.5, 0.6) is 0 Å². The van der Waals surface area contributed by atoms with Gasteiger partial charge in [-0.3, -0.25) is 9.59 Å². The zero-order valence-corrected chi connectivity index (χ0v) is 23.0. The topological polar surface area (TPSA) is 132 Å². The molecule has 5 rings (SSSR count). The molecule has 0 aromatic heterocycles. The predicted molar refractivity (Wildman–Crippen MR) is 135 cm³/mol. The Bertz CT molecular complexity index is 926. The van der Waals surface area contributed by atoms with Crippen LogP contribution >= 0.6 is 0 Å². The molecule has 1 aliphatic heterocycles. The predicted octanol–water partition coefficient (Wildman–Crippen LogP) is 4.27. The molecule has 4 aliphatic carbocycles. The number of ether oxygens (including phenoxy) is 2. The summed E-state index contributed by atoms with van der Waals surface area (Å²) in [6.07, 6.45) is 8.52. The number of rotatable bonds is 7. The van der Waals surface area contributed by atoms with E-state index in [1.807, 2.05) is 20.8 Å². The lowest BCUT2D eigenvalue weighted by molar-refractivity contribution is -0.378. The van der Waals surface area contributed by atoms with Gasteiger partial charge in [-0.15, -0.1) is 0 Å². The molecule has 0 radical (unpaired) electrons. The van der Waals surface area contributed by atoms with E-state index in [0.717, 1.165) is 44.9 Å². The molecule has 10 nitrogen and oxygen atoms in total. The van der Waals surface area contributed by atoms with Gasteiger partial charge in [0, 0.05) is 44.7 Å². The van der Waals surface area contributed by atoms with Crippen molar-refractivity contribution in [3.8, 4) is 0 Å². The standard InChI is InChI=1S/C28H44N2O8/c1-25(2,3)35-24(34)30-12-4-11-29-23(33)26-15-19-5-6-20(26)17-28(21(13-19)16-26)36-27(37-38-28)9-7-18(8-10-27)14-22(31)32/h18-21H,4-17H2,1-3H3,(H,29,33)(H,30,34)(H,31,32)/t18?,19?,20?,21?,26?,27?,28-/m1/s1. The lowest BCUT2D eigenvalue weighted by Crippen LogP contribution is -2.63. The summed E-state index contributed by atoms with van der Waals surface area (Å²) in [5.41, 5.74) is -0.943. The van der Waals surface area contributed by atoms with Crippen molar-refractivity contribution in [3.63, 3.8) is 0 Å². The van der Waals surface area contributed by atoms with Gasteiger partial charge in [0.1, 0.15) is 5.60 Å². The van der Waals surface area contributed by atoms with Crippen LogP contribution in [-0.4, -0.2) is 53.3 Å². The Hall–Kier alpha value is -1.91. The molecule has 3 bridgehead atoms. The van der Waals surface area contributed by atoms with Crippen molar-refractivity contribution < 1.29 is 38.7 Å². The molecule has 10 heteroatoms. The Kier molecular flexibility index (Phi) is 7.45. The fourth-order valence-corrected chi connectivity index (χ4v) is 7.83. The number of hydrogen-bond donors (Lipinski definition) is 3. The molecule has 38 heavy (non-hydrogen) atoms.